The second-order valence-electron chi connectivity index (χ2n) is 8.84. The molecule has 2 aromatic heterocycles. The van der Waals surface area contributed by atoms with Gasteiger partial charge in [-0.2, -0.15) is 5.10 Å². The van der Waals surface area contributed by atoms with Crippen LogP contribution in [0.3, 0.4) is 0 Å². The van der Waals surface area contributed by atoms with E-state index in [2.05, 4.69) is 26.9 Å². The van der Waals surface area contributed by atoms with E-state index in [1.807, 2.05) is 74.2 Å². The third kappa shape index (κ3) is 7.07. The van der Waals surface area contributed by atoms with Gasteiger partial charge in [0.2, 0.25) is 5.95 Å². The average molecular weight is 520 g/mol. The fourth-order valence-electron chi connectivity index (χ4n) is 4.04. The number of carboxylic acids is 1. The van der Waals surface area contributed by atoms with Crippen LogP contribution in [-0.4, -0.2) is 44.0 Å². The minimum atomic E-state index is -0.998. The van der Waals surface area contributed by atoms with E-state index < -0.39 is 5.97 Å². The first-order valence-electron chi connectivity index (χ1n) is 12.2. The number of carboxylic acid groups (broad SMARTS) is 1. The van der Waals surface area contributed by atoms with Crippen molar-refractivity contribution in [3.63, 3.8) is 0 Å². The van der Waals surface area contributed by atoms with Crippen molar-refractivity contribution in [1.29, 1.82) is 0 Å². The summed E-state index contributed by atoms with van der Waals surface area (Å²) in [6, 6.07) is 13.4. The molecule has 0 unspecified atom stereocenters. The van der Waals surface area contributed by atoms with Gasteiger partial charge in [0.15, 0.2) is 6.61 Å². The number of hydrogen-bond acceptors (Lipinski definition) is 6. The van der Waals surface area contributed by atoms with E-state index >= 15 is 0 Å². The van der Waals surface area contributed by atoms with E-state index in [9.17, 15) is 4.79 Å². The molecule has 0 atom stereocenters. The molecule has 4 aromatic rings. The lowest BCUT2D eigenvalue weighted by Crippen LogP contribution is -2.27. The van der Waals surface area contributed by atoms with Crippen molar-refractivity contribution >= 4 is 23.5 Å². The number of ether oxygens (including phenoxy) is 1. The summed E-state index contributed by atoms with van der Waals surface area (Å²) in [6.07, 6.45) is 10.3. The summed E-state index contributed by atoms with van der Waals surface area (Å²) in [7, 11) is 0. The number of aromatic nitrogens is 4. The number of rotatable bonds is 12. The van der Waals surface area contributed by atoms with Gasteiger partial charge in [-0.15, -0.1) is 0 Å². The lowest BCUT2D eigenvalue weighted by atomic mass is 10.1. The molecule has 0 spiro atoms. The van der Waals surface area contributed by atoms with E-state index in [4.69, 9.17) is 21.4 Å². The highest BCUT2D eigenvalue weighted by Gasteiger charge is 2.14. The van der Waals surface area contributed by atoms with Gasteiger partial charge in [0.25, 0.3) is 0 Å². The number of benzene rings is 2. The highest BCUT2D eigenvalue weighted by atomic mass is 35.5. The van der Waals surface area contributed by atoms with Crippen LogP contribution in [0.2, 0.25) is 5.02 Å². The quantitative estimate of drug-likeness (QED) is 0.272. The van der Waals surface area contributed by atoms with Crippen LogP contribution >= 0.6 is 11.6 Å². The van der Waals surface area contributed by atoms with E-state index in [1.54, 1.807) is 4.68 Å². The molecule has 0 aliphatic heterocycles. The normalized spacial score (nSPS) is 10.9. The first-order chi connectivity index (χ1) is 17.9. The van der Waals surface area contributed by atoms with Gasteiger partial charge in [0.1, 0.15) is 5.75 Å². The van der Waals surface area contributed by atoms with Gasteiger partial charge in [-0.1, -0.05) is 49.2 Å². The third-order valence-corrected chi connectivity index (χ3v) is 6.20. The monoisotopic (exact) mass is 519 g/mol. The molecule has 192 valence electrons. The van der Waals surface area contributed by atoms with E-state index in [0.717, 1.165) is 47.2 Å². The summed E-state index contributed by atoms with van der Waals surface area (Å²) >= 11 is 6.36. The smallest absolute Gasteiger partial charge is 0.341 e. The maximum atomic E-state index is 10.8. The molecule has 1 N–H and O–H groups in total. The summed E-state index contributed by atoms with van der Waals surface area (Å²) in [6.45, 7) is 4.95. The van der Waals surface area contributed by atoms with Gasteiger partial charge < -0.3 is 14.7 Å². The van der Waals surface area contributed by atoms with Crippen molar-refractivity contribution in [1.82, 2.24) is 19.7 Å². The summed E-state index contributed by atoms with van der Waals surface area (Å²) in [5, 5.41) is 14.0. The van der Waals surface area contributed by atoms with Crippen molar-refractivity contribution in [2.24, 2.45) is 0 Å². The largest absolute Gasteiger partial charge is 0.482 e. The molecule has 0 aliphatic carbocycles. The van der Waals surface area contributed by atoms with Crippen LogP contribution < -0.4 is 9.64 Å². The molecule has 0 aliphatic rings. The number of halogens is 1. The number of nitrogens with zero attached hydrogens (tertiary/aromatic N) is 5. The minimum Gasteiger partial charge on any atom is -0.482 e. The highest BCUT2D eigenvalue weighted by Crippen LogP contribution is 2.22. The van der Waals surface area contributed by atoms with E-state index in [1.165, 1.54) is 0 Å². The van der Waals surface area contributed by atoms with Crippen molar-refractivity contribution in [2.45, 2.75) is 39.7 Å². The Morgan fingerprint density at radius 2 is 1.84 bits per heavy atom. The standard InChI is InChI=1S/C28H30ClN5O3/c1-3-6-22-14-30-28(31-15-22)33(12-11-21-9-10-26(20(2)13-21)37-19-27(35)36)17-23-16-32-34(18-23)25-8-5-4-7-24(25)29/h4-5,7-10,13-16,18H,3,6,11-12,17,19H2,1-2H3,(H,35,36). The average Bonchev–Trinajstić information content (AvgIpc) is 3.35. The molecule has 37 heavy (non-hydrogen) atoms. The van der Waals surface area contributed by atoms with Gasteiger partial charge in [0.05, 0.1) is 16.9 Å². The molecule has 4 rings (SSSR count). The number of anilines is 1. The lowest BCUT2D eigenvalue weighted by Gasteiger charge is -2.22. The fraction of sp³-hybridized carbons (Fsp3) is 0.286. The number of carbonyl (C=O) groups is 1. The molecule has 0 saturated carbocycles. The Bertz CT molecular complexity index is 1340. The van der Waals surface area contributed by atoms with Crippen molar-refractivity contribution < 1.29 is 14.6 Å². The van der Waals surface area contributed by atoms with Gasteiger partial charge in [-0.05, 0) is 54.7 Å². The molecule has 9 heteroatoms. The Labute approximate surface area is 221 Å². The Balaban J connectivity index is 1.52. The summed E-state index contributed by atoms with van der Waals surface area (Å²) in [5.74, 6) is 0.232. The van der Waals surface area contributed by atoms with E-state index in [0.29, 0.717) is 29.8 Å². The molecule has 0 bridgehead atoms. The van der Waals surface area contributed by atoms with Gasteiger partial charge >= 0.3 is 5.97 Å². The molecular weight excluding hydrogens is 490 g/mol. The van der Waals surface area contributed by atoms with Crippen LogP contribution in [-0.2, 0) is 24.2 Å². The predicted molar refractivity (Wildman–Crippen MR) is 144 cm³/mol. The topological polar surface area (TPSA) is 93.4 Å². The maximum Gasteiger partial charge on any atom is 0.341 e. The van der Waals surface area contributed by atoms with Crippen LogP contribution in [0, 0.1) is 6.92 Å². The molecule has 0 radical (unpaired) electrons. The van der Waals surface area contributed by atoms with Crippen LogP contribution in [0.15, 0.2) is 67.3 Å². The minimum absolute atomic E-state index is 0.360. The Kier molecular flexibility index (Phi) is 8.74. The van der Waals surface area contributed by atoms with Crippen LogP contribution in [0.4, 0.5) is 5.95 Å². The predicted octanol–water partition coefficient (Wildman–Crippen LogP) is 5.29. The van der Waals surface area contributed by atoms with Crippen LogP contribution in [0.1, 0.15) is 35.6 Å². The van der Waals surface area contributed by atoms with E-state index in [-0.39, 0.29) is 6.61 Å². The van der Waals surface area contributed by atoms with Crippen LogP contribution in [0.25, 0.3) is 5.69 Å². The van der Waals surface area contributed by atoms with Gasteiger partial charge in [-0.25, -0.2) is 19.4 Å². The molecule has 2 heterocycles. The SMILES string of the molecule is CCCc1cnc(N(CCc2ccc(OCC(=O)O)c(C)c2)Cc2cnn(-c3ccccc3Cl)c2)nc1. The highest BCUT2D eigenvalue weighted by molar-refractivity contribution is 6.32. The van der Waals surface area contributed by atoms with Gasteiger partial charge in [0, 0.05) is 37.2 Å². The lowest BCUT2D eigenvalue weighted by molar-refractivity contribution is -0.139. The zero-order valence-corrected chi connectivity index (χ0v) is 21.7. The number of aliphatic carboxylic acids is 1. The van der Waals surface area contributed by atoms with Crippen molar-refractivity contribution in [3.05, 3.63) is 94.5 Å². The van der Waals surface area contributed by atoms with Crippen LogP contribution in [0.5, 0.6) is 5.75 Å². The number of para-hydroxylation sites is 1. The summed E-state index contributed by atoms with van der Waals surface area (Å²) < 4.78 is 7.13. The molecule has 0 amide bonds. The first kappa shape index (κ1) is 26.2. The third-order valence-electron chi connectivity index (χ3n) is 5.88. The second-order valence-corrected chi connectivity index (χ2v) is 9.25. The zero-order valence-electron chi connectivity index (χ0n) is 21.0. The van der Waals surface area contributed by atoms with Crippen molar-refractivity contribution in [2.75, 3.05) is 18.1 Å². The van der Waals surface area contributed by atoms with Gasteiger partial charge in [-0.3, -0.25) is 0 Å². The number of hydrogen-bond donors (Lipinski definition) is 1. The molecule has 0 saturated heterocycles. The Morgan fingerprint density at radius 3 is 2.54 bits per heavy atom. The molecular formula is C28H30ClN5O3. The fourth-order valence-corrected chi connectivity index (χ4v) is 4.27. The summed E-state index contributed by atoms with van der Waals surface area (Å²) in [4.78, 5) is 22.2. The Morgan fingerprint density at radius 1 is 1.05 bits per heavy atom. The zero-order chi connectivity index (χ0) is 26.2. The molecule has 0 fully saturated rings. The summed E-state index contributed by atoms with van der Waals surface area (Å²) in [5.41, 5.74) is 4.95. The molecule has 8 nitrogen and oxygen atoms in total. The Hall–Kier alpha value is -3.91. The first-order valence-corrected chi connectivity index (χ1v) is 12.6. The number of aryl methyl sites for hydroxylation is 2. The second kappa shape index (κ2) is 12.4. The maximum absolute atomic E-state index is 10.8. The van der Waals surface area contributed by atoms with Crippen molar-refractivity contribution in [3.8, 4) is 11.4 Å². The molecule has 2 aromatic carbocycles.